The highest BCUT2D eigenvalue weighted by Crippen LogP contribution is 2.65. The summed E-state index contributed by atoms with van der Waals surface area (Å²) in [6, 6.07) is 12.6. The molecule has 0 aliphatic heterocycles. The molecule has 2 aromatic rings. The third kappa shape index (κ3) is 6.20. The van der Waals surface area contributed by atoms with Gasteiger partial charge in [0.1, 0.15) is 22.8 Å². The lowest BCUT2D eigenvalue weighted by Crippen LogP contribution is -2.69. The first-order valence-corrected chi connectivity index (χ1v) is 19.8. The average Bonchev–Trinajstić information content (AvgIpc) is 3.53. The summed E-state index contributed by atoms with van der Waals surface area (Å²) >= 11 is 0. The van der Waals surface area contributed by atoms with E-state index in [1.807, 2.05) is 32.9 Å². The zero-order chi connectivity index (χ0) is 39.7. The number of aromatic hydroxyl groups is 1. The highest BCUT2D eigenvalue weighted by atomic mass is 16.3. The van der Waals surface area contributed by atoms with E-state index in [4.69, 9.17) is 0 Å². The predicted octanol–water partition coefficient (Wildman–Crippen LogP) is 9.71. The van der Waals surface area contributed by atoms with Crippen molar-refractivity contribution in [2.45, 2.75) is 119 Å². The van der Waals surface area contributed by atoms with E-state index in [2.05, 4.69) is 64.1 Å². The second-order valence-electron chi connectivity index (χ2n) is 18.3. The largest absolute Gasteiger partial charge is 0.508 e. The Morgan fingerprint density at radius 1 is 0.926 bits per heavy atom. The van der Waals surface area contributed by atoms with E-state index >= 15 is 0 Å². The lowest BCUT2D eigenvalue weighted by Gasteiger charge is -2.60. The molecule has 7 heteroatoms. The SMILES string of the molecule is CC(=O)C1=C(O)[C@]2(O)C(=O)C3=C(O)c4c(O)c(C5=CC=C(CC(CCC(C)C)Cc6ccccc6)C5)cc(C(C)C)c4C[C@]3(C)C[C@]2(C)C(C(C)C)C1=O. The fourth-order valence-corrected chi connectivity index (χ4v) is 10.6. The summed E-state index contributed by atoms with van der Waals surface area (Å²) in [5.41, 5.74) is 0.125. The van der Waals surface area contributed by atoms with Gasteiger partial charge >= 0.3 is 0 Å². The molecule has 2 unspecified atom stereocenters. The topological polar surface area (TPSA) is 132 Å². The average molecular weight is 735 g/mol. The van der Waals surface area contributed by atoms with Crippen LogP contribution in [0.3, 0.4) is 0 Å². The van der Waals surface area contributed by atoms with Crippen molar-refractivity contribution in [2.75, 3.05) is 0 Å². The van der Waals surface area contributed by atoms with Crippen LogP contribution in [0.1, 0.15) is 128 Å². The summed E-state index contributed by atoms with van der Waals surface area (Å²) in [7, 11) is 0. The number of hydrogen-bond acceptors (Lipinski definition) is 7. The third-order valence-corrected chi connectivity index (χ3v) is 13.0. The number of ketones is 3. The van der Waals surface area contributed by atoms with Crippen LogP contribution < -0.4 is 0 Å². The number of aliphatic hydroxyl groups is 3. The number of benzene rings is 2. The Bertz CT molecular complexity index is 2020. The highest BCUT2D eigenvalue weighted by Gasteiger charge is 2.72. The summed E-state index contributed by atoms with van der Waals surface area (Å²) in [6.07, 6.45) is 9.39. The van der Waals surface area contributed by atoms with E-state index in [1.165, 1.54) is 11.1 Å². The van der Waals surface area contributed by atoms with Crippen LogP contribution in [0, 0.1) is 34.5 Å². The molecule has 54 heavy (non-hydrogen) atoms. The number of rotatable bonds is 11. The molecule has 0 radical (unpaired) electrons. The molecule has 4 aliphatic carbocycles. The van der Waals surface area contributed by atoms with Gasteiger partial charge in [0, 0.05) is 27.9 Å². The maximum Gasteiger partial charge on any atom is 0.203 e. The standard InChI is InChI=1S/C47H58O7/c1-25(2)15-16-30(19-29-13-11-10-12-14-29)20-31-17-18-32(21-31)34-22-33(26(3)4)35-23-45(8)24-46(9)38(27(5)6)41(50)36(28(7)48)43(52)47(46,54)44(53)39(45)42(51)37(35)40(34)49/h10-14,17-18,22,25-27,30,38,49,51-52,54H,15-16,19-21,23-24H2,1-9H3/t30?,38?,45-,46-,47+/m1/s1. The quantitative estimate of drug-likeness (QED) is 0.169. The summed E-state index contributed by atoms with van der Waals surface area (Å²) in [5, 5.41) is 48.4. The molecular weight excluding hydrogens is 677 g/mol. The molecule has 1 saturated carbocycles. The molecular formula is C47H58O7. The molecule has 0 bridgehead atoms. The van der Waals surface area contributed by atoms with Gasteiger partial charge in [-0.2, -0.15) is 0 Å². The number of carbonyl (C=O) groups excluding carboxylic acids is 3. The number of allylic oxidation sites excluding steroid dienone is 5. The molecule has 0 aromatic heterocycles. The zero-order valence-electron chi connectivity index (χ0n) is 33.5. The van der Waals surface area contributed by atoms with E-state index in [-0.39, 0.29) is 41.6 Å². The van der Waals surface area contributed by atoms with Crippen molar-refractivity contribution >= 4 is 28.7 Å². The van der Waals surface area contributed by atoms with Gasteiger partial charge in [-0.05, 0) is 97.5 Å². The van der Waals surface area contributed by atoms with Crippen LogP contribution in [-0.4, -0.2) is 43.4 Å². The molecule has 6 rings (SSSR count). The van der Waals surface area contributed by atoms with Crippen molar-refractivity contribution in [2.24, 2.45) is 34.5 Å². The second-order valence-corrected chi connectivity index (χ2v) is 18.3. The minimum atomic E-state index is -2.63. The van der Waals surface area contributed by atoms with Crippen LogP contribution in [0.5, 0.6) is 5.75 Å². The highest BCUT2D eigenvalue weighted by molar-refractivity contribution is 6.24. The number of phenolic OH excluding ortho intramolecular Hbond substituents is 1. The van der Waals surface area contributed by atoms with Crippen LogP contribution in [0.2, 0.25) is 0 Å². The lowest BCUT2D eigenvalue weighted by molar-refractivity contribution is -0.178. The molecule has 7 nitrogen and oxygen atoms in total. The zero-order valence-corrected chi connectivity index (χ0v) is 33.5. The van der Waals surface area contributed by atoms with Crippen LogP contribution in [-0.2, 0) is 27.2 Å². The van der Waals surface area contributed by atoms with Gasteiger partial charge in [-0.25, -0.2) is 0 Å². The number of phenols is 1. The molecule has 0 heterocycles. The van der Waals surface area contributed by atoms with E-state index in [0.717, 1.165) is 49.3 Å². The second kappa shape index (κ2) is 14.1. The van der Waals surface area contributed by atoms with Gasteiger partial charge in [-0.3, -0.25) is 14.4 Å². The van der Waals surface area contributed by atoms with E-state index in [1.54, 1.807) is 6.92 Å². The van der Waals surface area contributed by atoms with Gasteiger partial charge in [-0.15, -0.1) is 0 Å². The Labute approximate surface area is 320 Å². The third-order valence-electron chi connectivity index (χ3n) is 13.0. The van der Waals surface area contributed by atoms with Crippen LogP contribution in [0.4, 0.5) is 0 Å². The van der Waals surface area contributed by atoms with Crippen molar-refractivity contribution in [1.29, 1.82) is 0 Å². The number of carbonyl (C=O) groups is 3. The molecule has 288 valence electrons. The number of aliphatic hydroxyl groups excluding tert-OH is 2. The molecule has 2 aromatic carbocycles. The Morgan fingerprint density at radius 3 is 2.19 bits per heavy atom. The fourth-order valence-electron chi connectivity index (χ4n) is 10.6. The van der Waals surface area contributed by atoms with Crippen LogP contribution in [0.25, 0.3) is 11.3 Å². The van der Waals surface area contributed by atoms with E-state index in [0.29, 0.717) is 23.8 Å². The van der Waals surface area contributed by atoms with Crippen LogP contribution in [0.15, 0.2) is 71.0 Å². The molecule has 4 N–H and O–H groups in total. The van der Waals surface area contributed by atoms with Gasteiger partial charge in [0.2, 0.25) is 5.78 Å². The first-order chi connectivity index (χ1) is 25.3. The number of hydrogen-bond donors (Lipinski definition) is 4. The first-order valence-electron chi connectivity index (χ1n) is 19.8. The summed E-state index contributed by atoms with van der Waals surface area (Å²) in [5.74, 6) is -4.00. The number of fused-ring (bicyclic) bond motifs is 3. The Balaban J connectivity index is 1.41. The number of Topliss-reactive ketones (excluding diaryl/α,β-unsaturated/α-hetero) is 3. The smallest absolute Gasteiger partial charge is 0.203 e. The molecule has 5 atom stereocenters. The van der Waals surface area contributed by atoms with Gasteiger partial charge in [0.15, 0.2) is 17.2 Å². The first kappa shape index (κ1) is 39.5. The maximum absolute atomic E-state index is 14.9. The van der Waals surface area contributed by atoms with Crippen molar-refractivity contribution in [3.8, 4) is 5.75 Å². The van der Waals surface area contributed by atoms with Crippen molar-refractivity contribution in [3.05, 3.63) is 98.8 Å². The fraction of sp³-hybridized carbons (Fsp3) is 0.511. The van der Waals surface area contributed by atoms with Gasteiger partial charge in [0.25, 0.3) is 0 Å². The summed E-state index contributed by atoms with van der Waals surface area (Å²) in [4.78, 5) is 41.5. The lowest BCUT2D eigenvalue weighted by atomic mass is 9.43. The molecule has 4 aliphatic rings. The van der Waals surface area contributed by atoms with Gasteiger partial charge in [-0.1, -0.05) is 110 Å². The van der Waals surface area contributed by atoms with E-state index < -0.39 is 56.8 Å². The summed E-state index contributed by atoms with van der Waals surface area (Å²) < 4.78 is 0. The maximum atomic E-state index is 14.9. The Morgan fingerprint density at radius 2 is 1.59 bits per heavy atom. The minimum absolute atomic E-state index is 0.00773. The van der Waals surface area contributed by atoms with Crippen LogP contribution >= 0.6 is 0 Å². The summed E-state index contributed by atoms with van der Waals surface area (Å²) in [6.45, 7) is 16.9. The monoisotopic (exact) mass is 734 g/mol. The van der Waals surface area contributed by atoms with Gasteiger partial charge < -0.3 is 20.4 Å². The molecule has 0 spiro atoms. The van der Waals surface area contributed by atoms with Crippen molar-refractivity contribution < 1.29 is 34.8 Å². The molecule has 0 amide bonds. The Kier molecular flexibility index (Phi) is 10.3. The predicted molar refractivity (Wildman–Crippen MR) is 213 cm³/mol. The minimum Gasteiger partial charge on any atom is -0.508 e. The normalized spacial score (nSPS) is 27.3. The molecule has 0 saturated heterocycles. The van der Waals surface area contributed by atoms with Gasteiger partial charge in [0.05, 0.1) is 5.56 Å². The van der Waals surface area contributed by atoms with Crippen molar-refractivity contribution in [3.63, 3.8) is 0 Å². The van der Waals surface area contributed by atoms with Crippen molar-refractivity contribution in [1.82, 2.24) is 0 Å². The Hall–Kier alpha value is -4.23. The molecule has 1 fully saturated rings. The van der Waals surface area contributed by atoms with E-state index in [9.17, 15) is 34.8 Å².